The Labute approximate surface area is 72.8 Å². The summed E-state index contributed by atoms with van der Waals surface area (Å²) >= 11 is 5.63. The fourth-order valence-electron chi connectivity index (χ4n) is 1.35. The van der Waals surface area contributed by atoms with Crippen molar-refractivity contribution in [1.82, 2.24) is 0 Å². The van der Waals surface area contributed by atoms with Gasteiger partial charge in [0, 0.05) is 6.42 Å². The molecule has 0 bridgehead atoms. The lowest BCUT2D eigenvalue weighted by Gasteiger charge is -2.21. The van der Waals surface area contributed by atoms with Gasteiger partial charge < -0.3 is 9.47 Å². The molecule has 0 N–H and O–H groups in total. The molecule has 0 aromatic heterocycles. The van der Waals surface area contributed by atoms with Crippen LogP contribution in [0.4, 0.5) is 0 Å². The smallest absolute Gasteiger partial charge is 0.166 e. The molecule has 0 aromatic rings. The summed E-state index contributed by atoms with van der Waals surface area (Å²) < 4.78 is 11.1. The molecular formula is C8H15ClO2. The summed E-state index contributed by atoms with van der Waals surface area (Å²) in [5.74, 6) is 0.160. The zero-order valence-corrected chi connectivity index (χ0v) is 7.86. The molecule has 3 heteroatoms. The summed E-state index contributed by atoms with van der Waals surface area (Å²) in [5.41, 5.74) is 0. The van der Waals surface area contributed by atoms with Crippen molar-refractivity contribution < 1.29 is 9.47 Å². The fourth-order valence-corrected chi connectivity index (χ4v) is 1.50. The van der Waals surface area contributed by atoms with Crippen molar-refractivity contribution >= 4 is 11.6 Å². The summed E-state index contributed by atoms with van der Waals surface area (Å²) in [6.45, 7) is 4.73. The predicted octanol–water partition coefficient (Wildman–Crippen LogP) is 2.16. The van der Waals surface area contributed by atoms with E-state index >= 15 is 0 Å². The van der Waals surface area contributed by atoms with Crippen molar-refractivity contribution in [2.24, 2.45) is 0 Å². The minimum atomic E-state index is -0.367. The number of ether oxygens (including phenoxy) is 2. The predicted molar refractivity (Wildman–Crippen MR) is 44.9 cm³/mol. The maximum absolute atomic E-state index is 5.63. The van der Waals surface area contributed by atoms with Gasteiger partial charge >= 0.3 is 0 Å². The van der Waals surface area contributed by atoms with E-state index in [4.69, 9.17) is 21.1 Å². The molecule has 1 aliphatic rings. The van der Waals surface area contributed by atoms with E-state index in [9.17, 15) is 0 Å². The van der Waals surface area contributed by atoms with Gasteiger partial charge in [0.05, 0.1) is 18.6 Å². The van der Waals surface area contributed by atoms with Crippen LogP contribution < -0.4 is 0 Å². The molecule has 0 aliphatic carbocycles. The first-order chi connectivity index (χ1) is 5.20. The molecule has 1 fully saturated rings. The van der Waals surface area contributed by atoms with Gasteiger partial charge in [-0.2, -0.15) is 0 Å². The highest BCUT2D eigenvalue weighted by Crippen LogP contribution is 2.27. The monoisotopic (exact) mass is 178 g/mol. The minimum Gasteiger partial charge on any atom is -0.347 e. The standard InChI is InChI=1S/C8H15ClO2/c1-3-4-8(2)10-6-7(5-9)11-8/h7H,3-6H2,1-2H3/t7-,8+/m0/s1. The van der Waals surface area contributed by atoms with Crippen LogP contribution in [0.25, 0.3) is 0 Å². The van der Waals surface area contributed by atoms with E-state index in [1.807, 2.05) is 6.92 Å². The van der Waals surface area contributed by atoms with Gasteiger partial charge in [-0.05, 0) is 6.92 Å². The van der Waals surface area contributed by atoms with Gasteiger partial charge in [0.2, 0.25) is 0 Å². The molecule has 66 valence electrons. The molecule has 0 radical (unpaired) electrons. The lowest BCUT2D eigenvalue weighted by molar-refractivity contribution is -0.156. The summed E-state index contributed by atoms with van der Waals surface area (Å²) in [5, 5.41) is 0. The molecule has 2 nitrogen and oxygen atoms in total. The van der Waals surface area contributed by atoms with Crippen molar-refractivity contribution in [3.8, 4) is 0 Å². The van der Waals surface area contributed by atoms with E-state index in [2.05, 4.69) is 6.92 Å². The Morgan fingerprint density at radius 3 is 2.82 bits per heavy atom. The van der Waals surface area contributed by atoms with Gasteiger partial charge in [0.15, 0.2) is 5.79 Å². The molecule has 11 heavy (non-hydrogen) atoms. The van der Waals surface area contributed by atoms with Gasteiger partial charge in [-0.15, -0.1) is 11.6 Å². The maximum atomic E-state index is 5.63. The van der Waals surface area contributed by atoms with Gasteiger partial charge in [0.1, 0.15) is 0 Å². The number of hydrogen-bond acceptors (Lipinski definition) is 2. The minimum absolute atomic E-state index is 0.0909. The van der Waals surface area contributed by atoms with Crippen LogP contribution in [0.3, 0.4) is 0 Å². The zero-order chi connectivity index (χ0) is 8.32. The van der Waals surface area contributed by atoms with Crippen LogP contribution in [0.1, 0.15) is 26.7 Å². The van der Waals surface area contributed by atoms with Crippen LogP contribution >= 0.6 is 11.6 Å². The second-order valence-corrected chi connectivity index (χ2v) is 3.40. The van der Waals surface area contributed by atoms with Gasteiger partial charge in [-0.3, -0.25) is 0 Å². The first kappa shape index (κ1) is 9.30. The van der Waals surface area contributed by atoms with Crippen LogP contribution in [-0.4, -0.2) is 24.4 Å². The fraction of sp³-hybridized carbons (Fsp3) is 1.00. The molecular weight excluding hydrogens is 164 g/mol. The lowest BCUT2D eigenvalue weighted by atomic mass is 10.2. The average molecular weight is 179 g/mol. The maximum Gasteiger partial charge on any atom is 0.166 e. The zero-order valence-electron chi connectivity index (χ0n) is 7.10. The molecule has 0 aromatic carbocycles. The number of rotatable bonds is 3. The number of halogens is 1. The Hall–Kier alpha value is 0.210. The van der Waals surface area contributed by atoms with Crippen LogP contribution in [0.2, 0.25) is 0 Å². The van der Waals surface area contributed by atoms with E-state index in [0.717, 1.165) is 12.8 Å². The molecule has 0 amide bonds. The second kappa shape index (κ2) is 3.74. The van der Waals surface area contributed by atoms with Crippen LogP contribution in [0, 0.1) is 0 Å². The average Bonchev–Trinajstić information content (AvgIpc) is 2.33. The first-order valence-electron chi connectivity index (χ1n) is 4.08. The lowest BCUT2D eigenvalue weighted by Crippen LogP contribution is -2.26. The van der Waals surface area contributed by atoms with Crippen LogP contribution in [0.5, 0.6) is 0 Å². The summed E-state index contributed by atoms with van der Waals surface area (Å²) in [4.78, 5) is 0. The highest BCUT2D eigenvalue weighted by molar-refractivity contribution is 6.18. The number of alkyl halides is 1. The molecule has 0 saturated carbocycles. The van der Waals surface area contributed by atoms with Crippen molar-refractivity contribution in [1.29, 1.82) is 0 Å². The highest BCUT2D eigenvalue weighted by atomic mass is 35.5. The van der Waals surface area contributed by atoms with Crippen molar-refractivity contribution in [3.63, 3.8) is 0 Å². The van der Waals surface area contributed by atoms with E-state index in [-0.39, 0.29) is 11.9 Å². The van der Waals surface area contributed by atoms with E-state index in [1.165, 1.54) is 0 Å². The topological polar surface area (TPSA) is 18.5 Å². The third kappa shape index (κ3) is 2.32. The van der Waals surface area contributed by atoms with Crippen molar-refractivity contribution in [3.05, 3.63) is 0 Å². The first-order valence-corrected chi connectivity index (χ1v) is 4.61. The Kier molecular flexibility index (Phi) is 3.16. The Morgan fingerprint density at radius 2 is 2.36 bits per heavy atom. The Morgan fingerprint density at radius 1 is 1.64 bits per heavy atom. The summed E-state index contributed by atoms with van der Waals surface area (Å²) in [6, 6.07) is 0. The van der Waals surface area contributed by atoms with E-state index < -0.39 is 0 Å². The Balaban J connectivity index is 2.37. The van der Waals surface area contributed by atoms with Gasteiger partial charge in [-0.25, -0.2) is 0 Å². The molecule has 0 spiro atoms. The molecule has 2 atom stereocenters. The van der Waals surface area contributed by atoms with Gasteiger partial charge in [0.25, 0.3) is 0 Å². The molecule has 1 saturated heterocycles. The largest absolute Gasteiger partial charge is 0.347 e. The van der Waals surface area contributed by atoms with Crippen molar-refractivity contribution in [2.75, 3.05) is 12.5 Å². The van der Waals surface area contributed by atoms with Crippen LogP contribution in [0.15, 0.2) is 0 Å². The Bertz CT molecular complexity index is 129. The van der Waals surface area contributed by atoms with Gasteiger partial charge in [-0.1, -0.05) is 13.3 Å². The molecule has 1 heterocycles. The number of hydrogen-bond donors (Lipinski definition) is 0. The summed E-state index contributed by atoms with van der Waals surface area (Å²) in [7, 11) is 0. The van der Waals surface area contributed by atoms with Crippen molar-refractivity contribution in [2.45, 2.75) is 38.6 Å². The molecule has 1 aliphatic heterocycles. The highest BCUT2D eigenvalue weighted by Gasteiger charge is 2.35. The van der Waals surface area contributed by atoms with E-state index in [0.29, 0.717) is 12.5 Å². The quantitative estimate of drug-likeness (QED) is 0.617. The normalized spacial score (nSPS) is 37.9. The summed E-state index contributed by atoms with van der Waals surface area (Å²) in [6.07, 6.45) is 2.11. The second-order valence-electron chi connectivity index (χ2n) is 3.09. The SMILES string of the molecule is CCC[C@]1(C)OC[C@H](CCl)O1. The molecule has 1 rings (SSSR count). The van der Waals surface area contributed by atoms with E-state index in [1.54, 1.807) is 0 Å². The third-order valence-electron chi connectivity index (χ3n) is 1.87. The third-order valence-corrected chi connectivity index (χ3v) is 2.21. The molecule has 0 unspecified atom stereocenters. The van der Waals surface area contributed by atoms with Crippen LogP contribution in [-0.2, 0) is 9.47 Å².